The number of fused-ring (bicyclic) bond motifs is 1. The van der Waals surface area contributed by atoms with Crippen molar-refractivity contribution in [1.82, 2.24) is 10.2 Å². The molecule has 8 heteroatoms. The highest BCUT2D eigenvalue weighted by molar-refractivity contribution is 6.02. The molecule has 5 atom stereocenters. The Morgan fingerprint density at radius 1 is 1.11 bits per heavy atom. The van der Waals surface area contributed by atoms with Crippen molar-refractivity contribution in [2.75, 3.05) is 18.5 Å². The minimum atomic E-state index is -1.09. The third-order valence-corrected chi connectivity index (χ3v) is 8.03. The molecular formula is C28H41N3O5. The van der Waals surface area contributed by atoms with Gasteiger partial charge >= 0.3 is 0 Å². The van der Waals surface area contributed by atoms with Crippen molar-refractivity contribution in [2.45, 2.75) is 90.0 Å². The average Bonchev–Trinajstić information content (AvgIpc) is 3.36. The summed E-state index contributed by atoms with van der Waals surface area (Å²) >= 11 is 0. The van der Waals surface area contributed by atoms with Crippen LogP contribution in [0.1, 0.15) is 67.2 Å². The van der Waals surface area contributed by atoms with E-state index in [2.05, 4.69) is 31.4 Å². The summed E-state index contributed by atoms with van der Waals surface area (Å²) in [5, 5.41) is 15.9. The maximum Gasteiger partial charge on any atom is 0.246 e. The van der Waals surface area contributed by atoms with Gasteiger partial charge in [-0.3, -0.25) is 14.4 Å². The first-order valence-corrected chi connectivity index (χ1v) is 13.1. The Balaban J connectivity index is 1.70. The molecule has 8 nitrogen and oxygen atoms in total. The van der Waals surface area contributed by atoms with Crippen LogP contribution in [0.4, 0.5) is 5.69 Å². The number of anilines is 1. The van der Waals surface area contributed by atoms with E-state index >= 15 is 0 Å². The number of carbonyl (C=O) groups excluding carboxylic acids is 3. The summed E-state index contributed by atoms with van der Waals surface area (Å²) in [5.74, 6) is -2.33. The van der Waals surface area contributed by atoms with Crippen LogP contribution in [0, 0.1) is 17.3 Å². The van der Waals surface area contributed by atoms with Gasteiger partial charge in [-0.2, -0.15) is 0 Å². The lowest BCUT2D eigenvalue weighted by Crippen LogP contribution is -2.59. The van der Waals surface area contributed by atoms with Crippen LogP contribution in [0.5, 0.6) is 0 Å². The van der Waals surface area contributed by atoms with Gasteiger partial charge in [-0.05, 0) is 57.1 Å². The highest BCUT2D eigenvalue weighted by atomic mass is 16.5. The third-order valence-electron chi connectivity index (χ3n) is 8.03. The van der Waals surface area contributed by atoms with Crippen LogP contribution < -0.4 is 10.6 Å². The molecule has 3 heterocycles. The normalized spacial score (nSPS) is 31.5. The van der Waals surface area contributed by atoms with E-state index in [0.29, 0.717) is 24.9 Å². The Morgan fingerprint density at radius 2 is 1.78 bits per heavy atom. The van der Waals surface area contributed by atoms with Crippen molar-refractivity contribution < 1.29 is 24.2 Å². The number of hydrogen-bond donors (Lipinski definition) is 3. The first kappa shape index (κ1) is 26.6. The summed E-state index contributed by atoms with van der Waals surface area (Å²) in [6.07, 6.45) is 2.42. The second kappa shape index (κ2) is 9.14. The van der Waals surface area contributed by atoms with Crippen LogP contribution in [-0.2, 0) is 19.1 Å². The van der Waals surface area contributed by atoms with E-state index in [1.165, 1.54) is 4.90 Å². The molecule has 3 fully saturated rings. The zero-order valence-electron chi connectivity index (χ0n) is 22.4. The summed E-state index contributed by atoms with van der Waals surface area (Å²) in [6.45, 7) is 12.0. The lowest BCUT2D eigenvalue weighted by molar-refractivity contribution is -0.147. The molecule has 3 aliphatic heterocycles. The van der Waals surface area contributed by atoms with Gasteiger partial charge in [0.2, 0.25) is 17.7 Å². The molecule has 2 bridgehead atoms. The van der Waals surface area contributed by atoms with Gasteiger partial charge in [-0.15, -0.1) is 0 Å². The predicted molar refractivity (Wildman–Crippen MR) is 137 cm³/mol. The Labute approximate surface area is 214 Å². The van der Waals surface area contributed by atoms with E-state index < -0.39 is 34.6 Å². The molecule has 2 unspecified atom stereocenters. The molecule has 3 amide bonds. The van der Waals surface area contributed by atoms with Crippen LogP contribution in [-0.4, -0.2) is 63.7 Å². The van der Waals surface area contributed by atoms with Crippen molar-refractivity contribution in [3.8, 4) is 0 Å². The van der Waals surface area contributed by atoms with Crippen molar-refractivity contribution in [1.29, 1.82) is 0 Å². The number of carbonyl (C=O) groups is 3. The number of nitrogens with zero attached hydrogens (tertiary/aromatic N) is 1. The molecule has 1 spiro atoms. The maximum absolute atomic E-state index is 13.9. The summed E-state index contributed by atoms with van der Waals surface area (Å²) in [6, 6.07) is 8.27. The van der Waals surface area contributed by atoms with E-state index in [4.69, 9.17) is 4.74 Å². The highest BCUT2D eigenvalue weighted by Gasteiger charge is 2.78. The summed E-state index contributed by atoms with van der Waals surface area (Å²) in [5.41, 5.74) is -1.77. The first-order valence-electron chi connectivity index (χ1n) is 13.1. The van der Waals surface area contributed by atoms with E-state index in [0.717, 1.165) is 6.42 Å². The van der Waals surface area contributed by atoms with Crippen molar-refractivity contribution in [3.63, 3.8) is 0 Å². The number of likely N-dealkylation sites (tertiary alicyclic amines) is 1. The Bertz CT molecular complexity index is 1020. The molecular weight excluding hydrogens is 458 g/mol. The van der Waals surface area contributed by atoms with E-state index in [1.807, 2.05) is 51.1 Å². The largest absolute Gasteiger partial charge is 0.395 e. The Hall–Kier alpha value is -2.45. The third kappa shape index (κ3) is 4.43. The Morgan fingerprint density at radius 3 is 2.36 bits per heavy atom. The van der Waals surface area contributed by atoms with Crippen LogP contribution in [0.15, 0.2) is 30.3 Å². The van der Waals surface area contributed by atoms with Crippen LogP contribution in [0.2, 0.25) is 0 Å². The standard InChI is InChI=1S/C28H41N3O5/c1-7-27-13-14-28(36-27)20(19(27)22(33)29-18-11-9-8-10-12-18)24(35)31(15-16-32)21(28)23(34)30-26(5,6)17-25(2,3)4/h8-12,19-21,32H,7,13-17H2,1-6H3,(H,29,33)(H,30,34)/t19-,20+,21?,27+,28?/m1/s1. The van der Waals surface area contributed by atoms with Crippen molar-refractivity contribution >= 4 is 23.4 Å². The molecule has 3 N–H and O–H groups in total. The minimum absolute atomic E-state index is 0.0108. The van der Waals surface area contributed by atoms with Gasteiger partial charge in [0.15, 0.2) is 0 Å². The fraction of sp³-hybridized carbons (Fsp3) is 0.679. The summed E-state index contributed by atoms with van der Waals surface area (Å²) in [4.78, 5) is 42.9. The zero-order chi connectivity index (χ0) is 26.5. The zero-order valence-corrected chi connectivity index (χ0v) is 22.4. The number of β-amino-alcohol motifs (C(OH)–C–C–N with tert-alkyl or cyclic N) is 1. The SMILES string of the molecule is CC[C@@]12CCC3(O1)C(C(=O)NC(C)(C)CC(C)(C)C)N(CCO)C(=O)[C@@H]3[C@@H]2C(=O)Nc1ccccc1. The maximum atomic E-state index is 13.9. The lowest BCUT2D eigenvalue weighted by atomic mass is 9.65. The second-order valence-electron chi connectivity index (χ2n) is 12.6. The minimum Gasteiger partial charge on any atom is -0.395 e. The highest BCUT2D eigenvalue weighted by Crippen LogP contribution is 2.64. The summed E-state index contributed by atoms with van der Waals surface area (Å²) in [7, 11) is 0. The number of nitrogens with one attached hydrogen (secondary N) is 2. The molecule has 4 rings (SSSR count). The van der Waals surface area contributed by atoms with E-state index in [1.54, 1.807) is 0 Å². The van der Waals surface area contributed by atoms with Gasteiger partial charge in [0.1, 0.15) is 11.6 Å². The molecule has 0 aliphatic carbocycles. The van der Waals surface area contributed by atoms with Crippen LogP contribution in [0.25, 0.3) is 0 Å². The number of aliphatic hydroxyl groups excluding tert-OH is 1. The summed E-state index contributed by atoms with van der Waals surface area (Å²) < 4.78 is 6.72. The fourth-order valence-electron chi connectivity index (χ4n) is 7.28. The number of hydrogen-bond acceptors (Lipinski definition) is 5. The van der Waals surface area contributed by atoms with Crippen molar-refractivity contribution in [3.05, 3.63) is 30.3 Å². The van der Waals surface area contributed by atoms with Crippen LogP contribution in [0.3, 0.4) is 0 Å². The number of amides is 3. The number of rotatable bonds is 8. The molecule has 198 valence electrons. The topological polar surface area (TPSA) is 108 Å². The number of ether oxygens (including phenoxy) is 1. The fourth-order valence-corrected chi connectivity index (χ4v) is 7.28. The van der Waals surface area contributed by atoms with Gasteiger partial charge < -0.3 is 25.4 Å². The molecule has 0 aromatic heterocycles. The lowest BCUT2D eigenvalue weighted by Gasteiger charge is -2.38. The van der Waals surface area contributed by atoms with Gasteiger partial charge in [-0.1, -0.05) is 45.9 Å². The van der Waals surface area contributed by atoms with Gasteiger partial charge in [-0.25, -0.2) is 0 Å². The number of para-hydroxylation sites is 1. The molecule has 1 aromatic carbocycles. The van der Waals surface area contributed by atoms with Gasteiger partial charge in [0.25, 0.3) is 0 Å². The Kier molecular flexibility index (Phi) is 6.75. The monoisotopic (exact) mass is 499 g/mol. The molecule has 1 aromatic rings. The molecule has 36 heavy (non-hydrogen) atoms. The van der Waals surface area contributed by atoms with E-state index in [-0.39, 0.29) is 36.3 Å². The van der Waals surface area contributed by atoms with Crippen LogP contribution >= 0.6 is 0 Å². The quantitative estimate of drug-likeness (QED) is 0.509. The average molecular weight is 500 g/mol. The second-order valence-corrected chi connectivity index (χ2v) is 12.6. The van der Waals surface area contributed by atoms with Crippen molar-refractivity contribution in [2.24, 2.45) is 17.3 Å². The predicted octanol–water partition coefficient (Wildman–Crippen LogP) is 3.10. The number of aliphatic hydroxyl groups is 1. The molecule has 0 radical (unpaired) electrons. The number of benzene rings is 1. The van der Waals surface area contributed by atoms with Gasteiger partial charge in [0.05, 0.1) is 24.0 Å². The molecule has 3 saturated heterocycles. The molecule has 3 aliphatic rings. The smallest absolute Gasteiger partial charge is 0.246 e. The molecule has 0 saturated carbocycles. The first-order chi connectivity index (χ1) is 16.8. The van der Waals surface area contributed by atoms with Gasteiger partial charge in [0, 0.05) is 17.8 Å². The van der Waals surface area contributed by atoms with E-state index in [9.17, 15) is 19.5 Å².